The van der Waals surface area contributed by atoms with Crippen molar-refractivity contribution in [3.8, 4) is 0 Å². The average molecular weight is 241 g/mol. The van der Waals surface area contributed by atoms with Gasteiger partial charge in [0.2, 0.25) is 0 Å². The molecule has 1 rings (SSSR count). The highest BCUT2D eigenvalue weighted by Gasteiger charge is 2.30. The SMILES string of the molecule is CC(=O)C(C)(CBr)c1ccccc1. The number of Topliss-reactive ketones (excluding diaryl/α,β-unsaturated/α-hetero) is 1. The van der Waals surface area contributed by atoms with Crippen LogP contribution in [0.2, 0.25) is 0 Å². The second-order valence-electron chi connectivity index (χ2n) is 3.39. The highest BCUT2D eigenvalue weighted by molar-refractivity contribution is 9.09. The Morgan fingerprint density at radius 2 is 1.92 bits per heavy atom. The Morgan fingerprint density at radius 1 is 1.38 bits per heavy atom. The molecule has 0 bridgehead atoms. The molecule has 0 aromatic heterocycles. The Labute approximate surface area is 87.3 Å². The van der Waals surface area contributed by atoms with Crippen LogP contribution in [-0.4, -0.2) is 11.1 Å². The third kappa shape index (κ3) is 1.99. The number of ketones is 1. The molecule has 1 unspecified atom stereocenters. The minimum absolute atomic E-state index is 0.190. The average Bonchev–Trinajstić information content (AvgIpc) is 2.17. The minimum atomic E-state index is -0.388. The zero-order chi connectivity index (χ0) is 9.90. The van der Waals surface area contributed by atoms with Gasteiger partial charge >= 0.3 is 0 Å². The van der Waals surface area contributed by atoms with E-state index in [4.69, 9.17) is 0 Å². The van der Waals surface area contributed by atoms with Gasteiger partial charge in [-0.3, -0.25) is 4.79 Å². The lowest BCUT2D eigenvalue weighted by atomic mass is 9.81. The summed E-state index contributed by atoms with van der Waals surface area (Å²) < 4.78 is 0. The highest BCUT2D eigenvalue weighted by Crippen LogP contribution is 2.26. The molecule has 1 atom stereocenters. The van der Waals surface area contributed by atoms with Crippen LogP contribution in [0.15, 0.2) is 30.3 Å². The van der Waals surface area contributed by atoms with Crippen molar-refractivity contribution in [3.63, 3.8) is 0 Å². The van der Waals surface area contributed by atoms with Crippen LogP contribution in [0, 0.1) is 0 Å². The molecule has 0 saturated carbocycles. The Morgan fingerprint density at radius 3 is 2.31 bits per heavy atom. The van der Waals surface area contributed by atoms with Crippen molar-refractivity contribution in [1.29, 1.82) is 0 Å². The van der Waals surface area contributed by atoms with Gasteiger partial charge in [0, 0.05) is 5.33 Å². The fourth-order valence-corrected chi connectivity index (χ4v) is 1.90. The number of rotatable bonds is 3. The van der Waals surface area contributed by atoms with Gasteiger partial charge in [-0.05, 0) is 19.4 Å². The van der Waals surface area contributed by atoms with Crippen LogP contribution in [0.3, 0.4) is 0 Å². The molecular formula is C11H13BrO. The summed E-state index contributed by atoms with van der Waals surface area (Å²) in [6, 6.07) is 9.85. The molecule has 0 fully saturated rings. The molecule has 0 radical (unpaired) electrons. The summed E-state index contributed by atoms with van der Waals surface area (Å²) >= 11 is 3.39. The first-order valence-corrected chi connectivity index (χ1v) is 5.36. The molecular weight excluding hydrogens is 228 g/mol. The van der Waals surface area contributed by atoms with Crippen LogP contribution < -0.4 is 0 Å². The largest absolute Gasteiger partial charge is 0.299 e. The predicted molar refractivity (Wildman–Crippen MR) is 58.3 cm³/mol. The summed E-state index contributed by atoms with van der Waals surface area (Å²) in [5.74, 6) is 0.190. The summed E-state index contributed by atoms with van der Waals surface area (Å²) in [7, 11) is 0. The summed E-state index contributed by atoms with van der Waals surface area (Å²) in [5, 5.41) is 0.666. The molecule has 2 heteroatoms. The van der Waals surface area contributed by atoms with Gasteiger partial charge in [0.25, 0.3) is 0 Å². The molecule has 0 amide bonds. The van der Waals surface area contributed by atoms with E-state index >= 15 is 0 Å². The van der Waals surface area contributed by atoms with Gasteiger partial charge < -0.3 is 0 Å². The van der Waals surface area contributed by atoms with Crippen LogP contribution in [-0.2, 0) is 10.2 Å². The fraction of sp³-hybridized carbons (Fsp3) is 0.364. The van der Waals surface area contributed by atoms with Crippen molar-refractivity contribution in [2.45, 2.75) is 19.3 Å². The molecule has 1 aromatic rings. The number of halogens is 1. The van der Waals surface area contributed by atoms with Gasteiger partial charge in [-0.2, -0.15) is 0 Å². The molecule has 0 heterocycles. The van der Waals surface area contributed by atoms with E-state index < -0.39 is 0 Å². The molecule has 1 nitrogen and oxygen atoms in total. The van der Waals surface area contributed by atoms with E-state index in [2.05, 4.69) is 15.9 Å². The van der Waals surface area contributed by atoms with E-state index in [0.717, 1.165) is 5.56 Å². The van der Waals surface area contributed by atoms with Crippen molar-refractivity contribution in [3.05, 3.63) is 35.9 Å². The molecule has 13 heavy (non-hydrogen) atoms. The number of benzene rings is 1. The molecule has 0 aliphatic heterocycles. The molecule has 1 aromatic carbocycles. The van der Waals surface area contributed by atoms with Gasteiger partial charge in [0.1, 0.15) is 5.78 Å². The zero-order valence-corrected chi connectivity index (χ0v) is 9.47. The lowest BCUT2D eigenvalue weighted by Crippen LogP contribution is -2.32. The molecule has 0 saturated heterocycles. The minimum Gasteiger partial charge on any atom is -0.299 e. The quantitative estimate of drug-likeness (QED) is 0.743. The van der Waals surface area contributed by atoms with Gasteiger partial charge in [-0.15, -0.1) is 0 Å². The Balaban J connectivity index is 3.11. The van der Waals surface area contributed by atoms with Crippen molar-refractivity contribution in [2.24, 2.45) is 0 Å². The standard InChI is InChI=1S/C11H13BrO/c1-9(13)11(2,8-12)10-6-4-3-5-7-10/h3-7H,8H2,1-2H3. The summed E-state index contributed by atoms with van der Waals surface area (Å²) in [5.41, 5.74) is 0.681. The maximum absolute atomic E-state index is 11.5. The smallest absolute Gasteiger partial charge is 0.140 e. The van der Waals surface area contributed by atoms with E-state index in [-0.39, 0.29) is 11.2 Å². The Hall–Kier alpha value is -0.630. The normalized spacial score (nSPS) is 15.0. The monoisotopic (exact) mass is 240 g/mol. The first-order valence-electron chi connectivity index (χ1n) is 4.24. The third-order valence-electron chi connectivity index (χ3n) is 2.46. The number of alkyl halides is 1. The lowest BCUT2D eigenvalue weighted by molar-refractivity contribution is -0.121. The predicted octanol–water partition coefficient (Wildman–Crippen LogP) is 2.93. The van der Waals surface area contributed by atoms with E-state index in [0.29, 0.717) is 5.33 Å². The van der Waals surface area contributed by atoms with E-state index in [9.17, 15) is 4.79 Å². The zero-order valence-electron chi connectivity index (χ0n) is 7.88. The van der Waals surface area contributed by atoms with E-state index in [1.807, 2.05) is 37.3 Å². The van der Waals surface area contributed by atoms with Crippen molar-refractivity contribution in [2.75, 3.05) is 5.33 Å². The van der Waals surface area contributed by atoms with Gasteiger partial charge in [-0.25, -0.2) is 0 Å². The van der Waals surface area contributed by atoms with Gasteiger partial charge in [-0.1, -0.05) is 46.3 Å². The topological polar surface area (TPSA) is 17.1 Å². The van der Waals surface area contributed by atoms with Crippen molar-refractivity contribution < 1.29 is 4.79 Å². The summed E-state index contributed by atoms with van der Waals surface area (Å²) in [6.45, 7) is 3.59. The first-order chi connectivity index (χ1) is 6.11. The molecule has 0 aliphatic carbocycles. The molecule has 0 aliphatic rings. The number of carbonyl (C=O) groups is 1. The maximum Gasteiger partial charge on any atom is 0.140 e. The lowest BCUT2D eigenvalue weighted by Gasteiger charge is -2.24. The van der Waals surface area contributed by atoms with E-state index in [1.165, 1.54) is 0 Å². The van der Waals surface area contributed by atoms with Crippen LogP contribution >= 0.6 is 15.9 Å². The molecule has 0 spiro atoms. The molecule has 70 valence electrons. The molecule has 0 N–H and O–H groups in total. The Kier molecular flexibility index (Phi) is 3.26. The van der Waals surface area contributed by atoms with Crippen molar-refractivity contribution >= 4 is 21.7 Å². The second kappa shape index (κ2) is 4.05. The number of hydrogen-bond donors (Lipinski definition) is 0. The van der Waals surface area contributed by atoms with Gasteiger partial charge in [0.15, 0.2) is 0 Å². The van der Waals surface area contributed by atoms with Crippen molar-refractivity contribution in [1.82, 2.24) is 0 Å². The third-order valence-corrected chi connectivity index (χ3v) is 3.58. The number of hydrogen-bond acceptors (Lipinski definition) is 1. The van der Waals surface area contributed by atoms with Crippen LogP contribution in [0.5, 0.6) is 0 Å². The van der Waals surface area contributed by atoms with Crippen LogP contribution in [0.1, 0.15) is 19.4 Å². The Bertz CT molecular complexity index is 294. The van der Waals surface area contributed by atoms with E-state index in [1.54, 1.807) is 6.92 Å². The fourth-order valence-electron chi connectivity index (χ4n) is 1.18. The summed E-state index contributed by atoms with van der Waals surface area (Å²) in [4.78, 5) is 11.5. The maximum atomic E-state index is 11.5. The summed E-state index contributed by atoms with van der Waals surface area (Å²) in [6.07, 6.45) is 0. The number of carbonyl (C=O) groups excluding carboxylic acids is 1. The van der Waals surface area contributed by atoms with Gasteiger partial charge in [0.05, 0.1) is 5.41 Å². The van der Waals surface area contributed by atoms with Crippen LogP contribution in [0.25, 0.3) is 0 Å². The first kappa shape index (κ1) is 10.5. The highest BCUT2D eigenvalue weighted by atomic mass is 79.9. The van der Waals surface area contributed by atoms with Crippen LogP contribution in [0.4, 0.5) is 0 Å². The second-order valence-corrected chi connectivity index (χ2v) is 3.95.